The number of aliphatic carboxylic acids is 1. The van der Waals surface area contributed by atoms with E-state index in [1.54, 1.807) is 0 Å². The Morgan fingerprint density at radius 2 is 1.94 bits per heavy atom. The Labute approximate surface area is 189 Å². The average molecular weight is 427 g/mol. The molecule has 0 saturated heterocycles. The predicted octanol–water partition coefficient (Wildman–Crippen LogP) is 7.63. The van der Waals surface area contributed by atoms with Crippen LogP contribution >= 0.6 is 0 Å². The molecule has 2 aliphatic carbocycles. The van der Waals surface area contributed by atoms with E-state index in [1.807, 2.05) is 13.0 Å². The zero-order valence-electron chi connectivity index (χ0n) is 20.6. The van der Waals surface area contributed by atoms with Gasteiger partial charge in [-0.05, 0) is 67.1 Å². The molecular formula is C28H42O3. The van der Waals surface area contributed by atoms with Gasteiger partial charge in [-0.1, -0.05) is 77.3 Å². The molecular weight excluding hydrogens is 384 g/mol. The second kappa shape index (κ2) is 11.5. The Kier molecular flexibility index (Phi) is 9.40. The highest BCUT2D eigenvalue weighted by molar-refractivity contribution is 5.81. The van der Waals surface area contributed by atoms with E-state index in [1.165, 1.54) is 34.1 Å². The van der Waals surface area contributed by atoms with Crippen LogP contribution in [0.3, 0.4) is 0 Å². The van der Waals surface area contributed by atoms with Crippen molar-refractivity contribution in [3.8, 4) is 0 Å². The van der Waals surface area contributed by atoms with Gasteiger partial charge in [-0.3, -0.25) is 0 Å². The van der Waals surface area contributed by atoms with E-state index < -0.39 is 5.97 Å². The van der Waals surface area contributed by atoms with Crippen LogP contribution in [-0.2, 0) is 9.53 Å². The maximum absolute atomic E-state index is 11.0. The van der Waals surface area contributed by atoms with Crippen molar-refractivity contribution in [3.63, 3.8) is 0 Å². The van der Waals surface area contributed by atoms with E-state index in [9.17, 15) is 4.79 Å². The third kappa shape index (κ3) is 6.48. The van der Waals surface area contributed by atoms with Gasteiger partial charge in [0.25, 0.3) is 0 Å². The molecule has 2 unspecified atom stereocenters. The molecule has 0 saturated carbocycles. The topological polar surface area (TPSA) is 46.5 Å². The lowest BCUT2D eigenvalue weighted by atomic mass is 9.70. The van der Waals surface area contributed by atoms with Crippen molar-refractivity contribution in [3.05, 3.63) is 57.9 Å². The lowest BCUT2D eigenvalue weighted by Crippen LogP contribution is -2.28. The van der Waals surface area contributed by atoms with Gasteiger partial charge >= 0.3 is 5.97 Å². The molecule has 2 atom stereocenters. The Morgan fingerprint density at radius 3 is 2.52 bits per heavy atom. The van der Waals surface area contributed by atoms with Gasteiger partial charge in [0.05, 0.1) is 6.61 Å². The number of ether oxygens (including phenoxy) is 1. The molecule has 3 heteroatoms. The summed E-state index contributed by atoms with van der Waals surface area (Å²) in [4.78, 5) is 11.0. The SMILES string of the molecule is CCCCOC1=C(C(C)C)C=C(C(C)C)C(C)C1C1=C(/C=C/C(C)=C/C(=O)O)CCC1. The first-order chi connectivity index (χ1) is 14.7. The third-order valence-electron chi connectivity index (χ3n) is 6.54. The summed E-state index contributed by atoms with van der Waals surface area (Å²) in [5.41, 5.74) is 6.49. The molecule has 3 nitrogen and oxygen atoms in total. The van der Waals surface area contributed by atoms with E-state index in [-0.39, 0.29) is 5.92 Å². The quantitative estimate of drug-likeness (QED) is 0.222. The Morgan fingerprint density at radius 1 is 1.23 bits per heavy atom. The summed E-state index contributed by atoms with van der Waals surface area (Å²) in [5, 5.41) is 9.02. The van der Waals surface area contributed by atoms with Crippen LogP contribution in [0.15, 0.2) is 57.9 Å². The van der Waals surface area contributed by atoms with E-state index in [0.717, 1.165) is 44.3 Å². The van der Waals surface area contributed by atoms with Gasteiger partial charge in [-0.15, -0.1) is 0 Å². The smallest absolute Gasteiger partial charge is 0.328 e. The maximum atomic E-state index is 11.0. The van der Waals surface area contributed by atoms with Crippen LogP contribution in [0, 0.1) is 23.7 Å². The maximum Gasteiger partial charge on any atom is 0.328 e. The molecule has 0 amide bonds. The Bertz CT molecular complexity index is 802. The van der Waals surface area contributed by atoms with Crippen LogP contribution in [0.2, 0.25) is 0 Å². The minimum absolute atomic E-state index is 0.280. The number of hydrogen-bond acceptors (Lipinski definition) is 2. The fourth-order valence-electron chi connectivity index (χ4n) is 4.90. The Hall–Kier alpha value is -2.03. The normalized spacial score (nSPS) is 22.9. The summed E-state index contributed by atoms with van der Waals surface area (Å²) in [7, 11) is 0. The fourth-order valence-corrected chi connectivity index (χ4v) is 4.90. The van der Waals surface area contributed by atoms with Crippen LogP contribution in [0.25, 0.3) is 0 Å². The number of rotatable bonds is 10. The van der Waals surface area contributed by atoms with Gasteiger partial charge in [-0.25, -0.2) is 4.79 Å². The molecule has 0 aliphatic heterocycles. The molecule has 2 rings (SSSR count). The van der Waals surface area contributed by atoms with Crippen LogP contribution in [0.1, 0.15) is 80.6 Å². The molecule has 1 N–H and O–H groups in total. The summed E-state index contributed by atoms with van der Waals surface area (Å²) >= 11 is 0. The molecule has 0 spiro atoms. The lowest BCUT2D eigenvalue weighted by Gasteiger charge is -2.38. The van der Waals surface area contributed by atoms with E-state index >= 15 is 0 Å². The van der Waals surface area contributed by atoms with Crippen molar-refractivity contribution in [2.24, 2.45) is 23.7 Å². The molecule has 0 fully saturated rings. The Balaban J connectivity index is 2.55. The van der Waals surface area contributed by atoms with Crippen molar-refractivity contribution in [1.29, 1.82) is 0 Å². The molecule has 0 radical (unpaired) electrons. The largest absolute Gasteiger partial charge is 0.497 e. The van der Waals surface area contributed by atoms with Crippen LogP contribution in [0.5, 0.6) is 0 Å². The summed E-state index contributed by atoms with van der Waals surface area (Å²) in [5.74, 6) is 1.90. The lowest BCUT2D eigenvalue weighted by molar-refractivity contribution is -0.131. The highest BCUT2D eigenvalue weighted by Crippen LogP contribution is 2.48. The van der Waals surface area contributed by atoms with Gasteiger partial charge in [0.1, 0.15) is 5.76 Å². The van der Waals surface area contributed by atoms with Gasteiger partial charge in [-0.2, -0.15) is 0 Å². The second-order valence-corrected chi connectivity index (χ2v) is 9.71. The third-order valence-corrected chi connectivity index (χ3v) is 6.54. The van der Waals surface area contributed by atoms with Crippen molar-refractivity contribution in [1.82, 2.24) is 0 Å². The second-order valence-electron chi connectivity index (χ2n) is 9.71. The number of allylic oxidation sites excluding steroid dienone is 8. The average Bonchev–Trinajstić information content (AvgIpc) is 3.13. The molecule has 2 aliphatic rings. The van der Waals surface area contributed by atoms with Crippen molar-refractivity contribution < 1.29 is 14.6 Å². The van der Waals surface area contributed by atoms with E-state index in [4.69, 9.17) is 9.84 Å². The summed E-state index contributed by atoms with van der Waals surface area (Å²) < 4.78 is 6.54. The first kappa shape index (κ1) is 25.2. The van der Waals surface area contributed by atoms with Crippen LogP contribution < -0.4 is 0 Å². The summed E-state index contributed by atoms with van der Waals surface area (Å²) in [6.07, 6.45) is 13.3. The van der Waals surface area contributed by atoms with Crippen LogP contribution in [-0.4, -0.2) is 17.7 Å². The zero-order valence-corrected chi connectivity index (χ0v) is 20.6. The van der Waals surface area contributed by atoms with E-state index in [0.29, 0.717) is 17.8 Å². The minimum Gasteiger partial charge on any atom is -0.497 e. The molecule has 0 aromatic heterocycles. The number of carboxylic acids is 1. The minimum atomic E-state index is -0.897. The van der Waals surface area contributed by atoms with Gasteiger partial charge in [0, 0.05) is 12.0 Å². The number of hydrogen-bond donors (Lipinski definition) is 1. The molecule has 0 aromatic carbocycles. The highest BCUT2D eigenvalue weighted by atomic mass is 16.5. The van der Waals surface area contributed by atoms with Gasteiger partial charge < -0.3 is 9.84 Å². The monoisotopic (exact) mass is 426 g/mol. The summed E-state index contributed by atoms with van der Waals surface area (Å²) in [6.45, 7) is 16.3. The van der Waals surface area contributed by atoms with E-state index in [2.05, 4.69) is 53.7 Å². The zero-order chi connectivity index (χ0) is 23.1. The predicted molar refractivity (Wildman–Crippen MR) is 130 cm³/mol. The number of unbranched alkanes of at least 4 members (excludes halogenated alkanes) is 1. The summed E-state index contributed by atoms with van der Waals surface area (Å²) in [6, 6.07) is 0. The molecule has 0 aromatic rings. The first-order valence-electron chi connectivity index (χ1n) is 12.1. The van der Waals surface area contributed by atoms with Crippen LogP contribution in [0.4, 0.5) is 0 Å². The van der Waals surface area contributed by atoms with Crippen molar-refractivity contribution >= 4 is 5.97 Å². The number of carboxylic acid groups (broad SMARTS) is 1. The van der Waals surface area contributed by atoms with Gasteiger partial charge in [0.2, 0.25) is 0 Å². The molecule has 0 heterocycles. The standard InChI is InChI=1S/C28H42O3/c1-8-9-15-31-28-25(19(4)5)17-24(18(2)3)21(7)27(28)23-12-10-11-22(23)14-13-20(6)16-26(29)30/h13-14,16-19,21,27H,8-12,15H2,1-7H3,(H,29,30)/b14-13+,20-16+. The van der Waals surface area contributed by atoms with Gasteiger partial charge in [0.15, 0.2) is 0 Å². The number of carbonyl (C=O) groups is 1. The van der Waals surface area contributed by atoms with Crippen molar-refractivity contribution in [2.75, 3.05) is 6.61 Å². The molecule has 31 heavy (non-hydrogen) atoms. The first-order valence-corrected chi connectivity index (χ1v) is 12.1. The fraction of sp³-hybridized carbons (Fsp3) is 0.607. The van der Waals surface area contributed by atoms with Crippen molar-refractivity contribution in [2.45, 2.75) is 80.6 Å². The highest BCUT2D eigenvalue weighted by Gasteiger charge is 2.37. The molecule has 0 bridgehead atoms. The molecule has 172 valence electrons.